The third-order valence-corrected chi connectivity index (χ3v) is 2.10. The number of ketones is 1. The predicted molar refractivity (Wildman–Crippen MR) is 56.9 cm³/mol. The van der Waals surface area contributed by atoms with E-state index in [2.05, 4.69) is 4.74 Å². The summed E-state index contributed by atoms with van der Waals surface area (Å²) in [4.78, 5) is 22.1. The summed E-state index contributed by atoms with van der Waals surface area (Å²) < 4.78 is 18.0. The molecule has 1 aromatic rings. The second-order valence-electron chi connectivity index (χ2n) is 3.29. The van der Waals surface area contributed by atoms with Crippen molar-refractivity contribution in [3.8, 4) is 0 Å². The first-order valence-corrected chi connectivity index (χ1v) is 4.98. The Labute approximate surface area is 93.2 Å². The number of esters is 1. The van der Waals surface area contributed by atoms with E-state index in [1.54, 1.807) is 6.92 Å². The van der Waals surface area contributed by atoms with Gasteiger partial charge in [-0.1, -0.05) is 24.3 Å². The molecule has 0 saturated carbocycles. The predicted octanol–water partition coefficient (Wildman–Crippen LogP) is 2.46. The molecule has 0 amide bonds. The van der Waals surface area contributed by atoms with Crippen LogP contribution in [0.5, 0.6) is 0 Å². The number of alkyl halides is 1. The van der Waals surface area contributed by atoms with Crippen LogP contribution in [-0.2, 0) is 9.53 Å². The van der Waals surface area contributed by atoms with Gasteiger partial charge in [0.05, 0.1) is 6.61 Å². The molecule has 3 nitrogen and oxygen atoms in total. The normalized spacial score (nSPS) is 11.9. The SMILES string of the molecule is CCOC(=O)C(F)c1ccc(C(C)=O)cc1. The van der Waals surface area contributed by atoms with Gasteiger partial charge in [-0.05, 0) is 19.4 Å². The maximum Gasteiger partial charge on any atom is 0.345 e. The number of hydrogen-bond acceptors (Lipinski definition) is 3. The van der Waals surface area contributed by atoms with Gasteiger partial charge in [0, 0.05) is 5.56 Å². The average Bonchev–Trinajstić information content (AvgIpc) is 2.28. The highest BCUT2D eigenvalue weighted by Crippen LogP contribution is 2.19. The van der Waals surface area contributed by atoms with Crippen molar-refractivity contribution in [2.75, 3.05) is 6.61 Å². The van der Waals surface area contributed by atoms with Gasteiger partial charge in [-0.25, -0.2) is 9.18 Å². The third kappa shape index (κ3) is 2.89. The van der Waals surface area contributed by atoms with Gasteiger partial charge in [0.2, 0.25) is 6.17 Å². The highest BCUT2D eigenvalue weighted by atomic mass is 19.1. The van der Waals surface area contributed by atoms with Crippen LogP contribution in [0.15, 0.2) is 24.3 Å². The van der Waals surface area contributed by atoms with E-state index >= 15 is 0 Å². The number of carbonyl (C=O) groups is 2. The van der Waals surface area contributed by atoms with Crippen LogP contribution in [0.4, 0.5) is 4.39 Å². The van der Waals surface area contributed by atoms with Crippen molar-refractivity contribution in [1.29, 1.82) is 0 Å². The lowest BCUT2D eigenvalue weighted by atomic mass is 10.1. The van der Waals surface area contributed by atoms with E-state index in [1.807, 2.05) is 0 Å². The zero-order valence-electron chi connectivity index (χ0n) is 9.20. The van der Waals surface area contributed by atoms with E-state index in [4.69, 9.17) is 0 Å². The van der Waals surface area contributed by atoms with Crippen LogP contribution < -0.4 is 0 Å². The minimum Gasteiger partial charge on any atom is -0.464 e. The van der Waals surface area contributed by atoms with E-state index in [0.717, 1.165) is 0 Å². The fourth-order valence-electron chi connectivity index (χ4n) is 1.24. The second-order valence-corrected chi connectivity index (χ2v) is 3.29. The second kappa shape index (κ2) is 5.39. The van der Waals surface area contributed by atoms with Crippen molar-refractivity contribution < 1.29 is 18.7 Å². The van der Waals surface area contributed by atoms with Crippen molar-refractivity contribution in [3.63, 3.8) is 0 Å². The lowest BCUT2D eigenvalue weighted by Gasteiger charge is -2.07. The molecule has 0 bridgehead atoms. The highest BCUT2D eigenvalue weighted by molar-refractivity contribution is 5.94. The number of benzene rings is 1. The van der Waals surface area contributed by atoms with Crippen LogP contribution >= 0.6 is 0 Å². The molecule has 0 aromatic heterocycles. The van der Waals surface area contributed by atoms with Crippen molar-refractivity contribution in [1.82, 2.24) is 0 Å². The molecule has 86 valence electrons. The molecule has 1 atom stereocenters. The van der Waals surface area contributed by atoms with Gasteiger partial charge in [-0.2, -0.15) is 0 Å². The molecule has 0 fully saturated rings. The Bertz CT molecular complexity index is 384. The molecular weight excluding hydrogens is 211 g/mol. The van der Waals surface area contributed by atoms with Crippen LogP contribution in [0.1, 0.15) is 35.9 Å². The summed E-state index contributed by atoms with van der Waals surface area (Å²) in [5.41, 5.74) is 0.684. The Morgan fingerprint density at radius 2 is 1.88 bits per heavy atom. The lowest BCUT2D eigenvalue weighted by molar-refractivity contribution is -0.149. The third-order valence-electron chi connectivity index (χ3n) is 2.10. The molecule has 0 radical (unpaired) electrons. The maximum atomic E-state index is 13.5. The molecule has 0 heterocycles. The van der Waals surface area contributed by atoms with Gasteiger partial charge in [-0.3, -0.25) is 4.79 Å². The molecule has 1 aromatic carbocycles. The van der Waals surface area contributed by atoms with E-state index in [0.29, 0.717) is 5.56 Å². The molecule has 1 unspecified atom stereocenters. The Morgan fingerprint density at radius 1 is 1.31 bits per heavy atom. The minimum absolute atomic E-state index is 0.0990. The van der Waals surface area contributed by atoms with Crippen molar-refractivity contribution in [3.05, 3.63) is 35.4 Å². The van der Waals surface area contributed by atoms with Gasteiger partial charge in [0.25, 0.3) is 0 Å². The quantitative estimate of drug-likeness (QED) is 0.582. The van der Waals surface area contributed by atoms with E-state index in [1.165, 1.54) is 31.2 Å². The molecule has 0 saturated heterocycles. The summed E-state index contributed by atoms with van der Waals surface area (Å²) in [5, 5.41) is 0. The van der Waals surface area contributed by atoms with E-state index in [-0.39, 0.29) is 18.0 Å². The Morgan fingerprint density at radius 3 is 2.31 bits per heavy atom. The van der Waals surface area contributed by atoms with Gasteiger partial charge in [0.1, 0.15) is 0 Å². The van der Waals surface area contributed by atoms with Gasteiger partial charge in [0.15, 0.2) is 5.78 Å². The summed E-state index contributed by atoms with van der Waals surface area (Å²) in [5.74, 6) is -1.00. The summed E-state index contributed by atoms with van der Waals surface area (Å²) in [6, 6.07) is 5.81. The molecule has 0 aliphatic carbocycles. The zero-order chi connectivity index (χ0) is 12.1. The van der Waals surface area contributed by atoms with Crippen LogP contribution in [-0.4, -0.2) is 18.4 Å². The first-order chi connectivity index (χ1) is 7.56. The number of rotatable bonds is 4. The fourth-order valence-corrected chi connectivity index (χ4v) is 1.24. The fraction of sp³-hybridized carbons (Fsp3) is 0.333. The van der Waals surface area contributed by atoms with Crippen LogP contribution in [0, 0.1) is 0 Å². The molecule has 0 aliphatic heterocycles. The smallest absolute Gasteiger partial charge is 0.345 e. The maximum absolute atomic E-state index is 13.5. The van der Waals surface area contributed by atoms with E-state index in [9.17, 15) is 14.0 Å². The Kier molecular flexibility index (Phi) is 4.17. The van der Waals surface area contributed by atoms with Crippen molar-refractivity contribution in [2.24, 2.45) is 0 Å². The molecule has 0 aliphatic rings. The summed E-state index contributed by atoms with van der Waals surface area (Å²) >= 11 is 0. The molecule has 4 heteroatoms. The summed E-state index contributed by atoms with van der Waals surface area (Å²) in [6.45, 7) is 3.18. The molecule has 0 N–H and O–H groups in total. The summed E-state index contributed by atoms with van der Waals surface area (Å²) in [6.07, 6.45) is -1.79. The van der Waals surface area contributed by atoms with Crippen molar-refractivity contribution >= 4 is 11.8 Å². The zero-order valence-corrected chi connectivity index (χ0v) is 9.20. The van der Waals surface area contributed by atoms with Crippen LogP contribution in [0.2, 0.25) is 0 Å². The minimum atomic E-state index is -1.79. The average molecular weight is 224 g/mol. The van der Waals surface area contributed by atoms with Gasteiger partial charge < -0.3 is 4.74 Å². The monoisotopic (exact) mass is 224 g/mol. The number of hydrogen-bond donors (Lipinski definition) is 0. The molecule has 0 spiro atoms. The number of carbonyl (C=O) groups excluding carboxylic acids is 2. The number of Topliss-reactive ketones (excluding diaryl/α,β-unsaturated/α-hetero) is 1. The lowest BCUT2D eigenvalue weighted by Crippen LogP contribution is -2.11. The summed E-state index contributed by atoms with van der Waals surface area (Å²) in [7, 11) is 0. The van der Waals surface area contributed by atoms with E-state index < -0.39 is 12.1 Å². The largest absolute Gasteiger partial charge is 0.464 e. The number of halogens is 1. The molecule has 16 heavy (non-hydrogen) atoms. The first-order valence-electron chi connectivity index (χ1n) is 4.98. The molecular formula is C12H13FO3. The Hall–Kier alpha value is -1.71. The first kappa shape index (κ1) is 12.4. The van der Waals surface area contributed by atoms with Crippen LogP contribution in [0.25, 0.3) is 0 Å². The molecule has 1 rings (SSSR count). The standard InChI is InChI=1S/C12H13FO3/c1-3-16-12(15)11(13)10-6-4-9(5-7-10)8(2)14/h4-7,11H,3H2,1-2H3. The van der Waals surface area contributed by atoms with Crippen LogP contribution in [0.3, 0.4) is 0 Å². The van der Waals surface area contributed by atoms with Gasteiger partial charge >= 0.3 is 5.97 Å². The topological polar surface area (TPSA) is 43.4 Å². The highest BCUT2D eigenvalue weighted by Gasteiger charge is 2.20. The van der Waals surface area contributed by atoms with Crippen molar-refractivity contribution in [2.45, 2.75) is 20.0 Å². The Balaban J connectivity index is 2.81. The number of ether oxygens (including phenoxy) is 1. The van der Waals surface area contributed by atoms with Gasteiger partial charge in [-0.15, -0.1) is 0 Å².